The van der Waals surface area contributed by atoms with E-state index in [1.165, 1.54) is 38.5 Å². The van der Waals surface area contributed by atoms with Gasteiger partial charge in [0.1, 0.15) is 0 Å². The molecule has 2 aliphatic rings. The Morgan fingerprint density at radius 2 is 1.86 bits per heavy atom. The topological polar surface area (TPSA) is 15.3 Å². The minimum Gasteiger partial charge on any atom is -0.310 e. The van der Waals surface area contributed by atoms with Gasteiger partial charge < -0.3 is 10.2 Å². The van der Waals surface area contributed by atoms with Crippen molar-refractivity contribution in [2.24, 2.45) is 0 Å². The summed E-state index contributed by atoms with van der Waals surface area (Å²) in [5, 5.41) is 3.74. The summed E-state index contributed by atoms with van der Waals surface area (Å²) in [6.45, 7) is 10.1. The molecule has 2 aliphatic heterocycles. The number of rotatable bonds is 2. The van der Waals surface area contributed by atoms with Gasteiger partial charge >= 0.3 is 0 Å². The molecule has 0 aliphatic carbocycles. The van der Waals surface area contributed by atoms with Crippen LogP contribution in [0.25, 0.3) is 0 Å². The first-order valence-corrected chi connectivity index (χ1v) is 9.72. The Balaban J connectivity index is 1.89. The molecule has 2 atom stereocenters. The van der Waals surface area contributed by atoms with Crippen molar-refractivity contribution >= 4 is 8.07 Å². The van der Waals surface area contributed by atoms with E-state index in [-0.39, 0.29) is 0 Å². The molecule has 14 heavy (non-hydrogen) atoms. The van der Waals surface area contributed by atoms with Gasteiger partial charge in [-0.15, -0.1) is 0 Å². The second-order valence-corrected chi connectivity index (χ2v) is 11.7. The van der Waals surface area contributed by atoms with E-state index >= 15 is 0 Å². The van der Waals surface area contributed by atoms with E-state index in [2.05, 4.69) is 29.9 Å². The van der Waals surface area contributed by atoms with Crippen LogP contribution in [-0.4, -0.2) is 44.3 Å². The van der Waals surface area contributed by atoms with Crippen LogP contribution in [-0.2, 0) is 0 Å². The standard InChI is InChI=1S/C11H24N2Si/c1-14(2,3)9-13-7-6-10-4-5-11(8-13)12-10/h10-12H,4-9H2,1-3H3. The summed E-state index contributed by atoms with van der Waals surface area (Å²) in [6.07, 6.45) is 5.59. The van der Waals surface area contributed by atoms with Crippen molar-refractivity contribution < 1.29 is 0 Å². The molecule has 0 amide bonds. The van der Waals surface area contributed by atoms with Crippen molar-refractivity contribution in [2.75, 3.05) is 19.3 Å². The van der Waals surface area contributed by atoms with Crippen molar-refractivity contribution in [1.82, 2.24) is 10.2 Å². The summed E-state index contributed by atoms with van der Waals surface area (Å²) >= 11 is 0. The molecular formula is C11H24N2Si. The number of nitrogens with zero attached hydrogens (tertiary/aromatic N) is 1. The molecule has 0 aromatic rings. The first kappa shape index (κ1) is 10.6. The van der Waals surface area contributed by atoms with Crippen LogP contribution in [0.3, 0.4) is 0 Å². The lowest BCUT2D eigenvalue weighted by Crippen LogP contribution is -2.44. The molecule has 2 bridgehead atoms. The molecule has 0 aromatic heterocycles. The van der Waals surface area contributed by atoms with Crippen LogP contribution in [0.5, 0.6) is 0 Å². The highest BCUT2D eigenvalue weighted by molar-refractivity contribution is 6.76. The van der Waals surface area contributed by atoms with Gasteiger partial charge in [-0.1, -0.05) is 19.6 Å². The average molecular weight is 212 g/mol. The monoisotopic (exact) mass is 212 g/mol. The predicted octanol–water partition coefficient (Wildman–Crippen LogP) is 1.69. The molecule has 2 unspecified atom stereocenters. The average Bonchev–Trinajstić information content (AvgIpc) is 2.35. The minimum atomic E-state index is -0.896. The normalized spacial score (nSPS) is 34.5. The van der Waals surface area contributed by atoms with Crippen LogP contribution in [0.1, 0.15) is 19.3 Å². The number of fused-ring (bicyclic) bond motifs is 2. The molecule has 2 nitrogen and oxygen atoms in total. The summed E-state index contributed by atoms with van der Waals surface area (Å²) in [6, 6.07) is 1.64. The predicted molar refractivity (Wildman–Crippen MR) is 64.3 cm³/mol. The van der Waals surface area contributed by atoms with E-state index in [9.17, 15) is 0 Å². The Labute approximate surface area is 89.1 Å². The maximum Gasteiger partial charge on any atom is 0.0599 e. The minimum absolute atomic E-state index is 0.804. The van der Waals surface area contributed by atoms with E-state index in [1.807, 2.05) is 0 Å². The molecule has 2 saturated heterocycles. The maximum absolute atomic E-state index is 3.74. The lowest BCUT2D eigenvalue weighted by Gasteiger charge is -2.29. The molecule has 0 spiro atoms. The van der Waals surface area contributed by atoms with Gasteiger partial charge in [-0.25, -0.2) is 0 Å². The van der Waals surface area contributed by atoms with Crippen LogP contribution in [0.15, 0.2) is 0 Å². The molecule has 3 heteroatoms. The molecule has 0 radical (unpaired) electrons. The van der Waals surface area contributed by atoms with Gasteiger partial charge in [0.05, 0.1) is 8.07 Å². The first-order valence-electron chi connectivity index (χ1n) is 6.01. The fraction of sp³-hybridized carbons (Fsp3) is 1.00. The highest BCUT2D eigenvalue weighted by Crippen LogP contribution is 2.21. The van der Waals surface area contributed by atoms with Crippen molar-refractivity contribution in [3.8, 4) is 0 Å². The summed E-state index contributed by atoms with van der Waals surface area (Å²) in [7, 11) is -0.896. The largest absolute Gasteiger partial charge is 0.310 e. The van der Waals surface area contributed by atoms with E-state index in [4.69, 9.17) is 0 Å². The smallest absolute Gasteiger partial charge is 0.0599 e. The van der Waals surface area contributed by atoms with Crippen LogP contribution >= 0.6 is 0 Å². The Kier molecular flexibility index (Phi) is 3.00. The number of hydrogen-bond acceptors (Lipinski definition) is 2. The fourth-order valence-corrected chi connectivity index (χ4v) is 4.46. The molecule has 2 heterocycles. The lowest BCUT2D eigenvalue weighted by molar-refractivity contribution is 0.293. The second kappa shape index (κ2) is 3.95. The highest BCUT2D eigenvalue weighted by atomic mass is 28.3. The summed E-state index contributed by atoms with van der Waals surface area (Å²) in [4.78, 5) is 2.71. The van der Waals surface area contributed by atoms with Gasteiger partial charge in [0.2, 0.25) is 0 Å². The van der Waals surface area contributed by atoms with Crippen molar-refractivity contribution in [3.05, 3.63) is 0 Å². The Morgan fingerprint density at radius 3 is 2.57 bits per heavy atom. The highest BCUT2D eigenvalue weighted by Gasteiger charge is 2.30. The third-order valence-electron chi connectivity index (χ3n) is 3.31. The number of hydrogen-bond donors (Lipinski definition) is 1. The third kappa shape index (κ3) is 2.81. The maximum atomic E-state index is 3.74. The Hall–Kier alpha value is 0.137. The second-order valence-electron chi connectivity index (χ2n) is 6.22. The molecule has 2 fully saturated rings. The van der Waals surface area contributed by atoms with Gasteiger partial charge in [0.25, 0.3) is 0 Å². The van der Waals surface area contributed by atoms with Gasteiger partial charge in [0.15, 0.2) is 0 Å². The molecule has 82 valence electrons. The molecule has 2 rings (SSSR count). The summed E-state index contributed by atoms with van der Waals surface area (Å²) in [5.74, 6) is 0. The van der Waals surface area contributed by atoms with Crippen molar-refractivity contribution in [3.63, 3.8) is 0 Å². The zero-order chi connectivity index (χ0) is 10.2. The quantitative estimate of drug-likeness (QED) is 0.701. The van der Waals surface area contributed by atoms with Crippen molar-refractivity contribution in [2.45, 2.75) is 51.0 Å². The Morgan fingerprint density at radius 1 is 1.14 bits per heavy atom. The van der Waals surface area contributed by atoms with Crippen LogP contribution in [0.2, 0.25) is 19.6 Å². The molecule has 0 aromatic carbocycles. The van der Waals surface area contributed by atoms with E-state index in [1.54, 1.807) is 0 Å². The first-order chi connectivity index (χ1) is 6.53. The van der Waals surface area contributed by atoms with Gasteiger partial charge in [-0.2, -0.15) is 0 Å². The Bertz CT molecular complexity index is 200. The SMILES string of the molecule is C[Si](C)(C)CN1CCC2CCC(C1)N2. The lowest BCUT2D eigenvalue weighted by atomic mass is 10.1. The van der Waals surface area contributed by atoms with Gasteiger partial charge in [-0.05, 0) is 32.0 Å². The third-order valence-corrected chi connectivity index (χ3v) is 4.70. The molecule has 1 N–H and O–H groups in total. The van der Waals surface area contributed by atoms with Gasteiger partial charge in [-0.3, -0.25) is 0 Å². The van der Waals surface area contributed by atoms with Crippen LogP contribution in [0.4, 0.5) is 0 Å². The zero-order valence-corrected chi connectivity index (χ0v) is 10.8. The number of nitrogens with one attached hydrogen (secondary N) is 1. The van der Waals surface area contributed by atoms with Crippen LogP contribution in [0, 0.1) is 0 Å². The summed E-state index contributed by atoms with van der Waals surface area (Å²) < 4.78 is 0. The molecular weight excluding hydrogens is 188 g/mol. The van der Waals surface area contributed by atoms with E-state index < -0.39 is 8.07 Å². The van der Waals surface area contributed by atoms with E-state index in [0.717, 1.165) is 12.1 Å². The fourth-order valence-electron chi connectivity index (χ4n) is 2.83. The van der Waals surface area contributed by atoms with E-state index in [0.29, 0.717) is 0 Å². The molecule has 0 saturated carbocycles. The van der Waals surface area contributed by atoms with Gasteiger partial charge in [0, 0.05) is 18.6 Å². The summed E-state index contributed by atoms with van der Waals surface area (Å²) in [5.41, 5.74) is 0. The number of likely N-dealkylation sites (tertiary alicyclic amines) is 1. The van der Waals surface area contributed by atoms with Crippen molar-refractivity contribution in [1.29, 1.82) is 0 Å². The zero-order valence-electron chi connectivity index (χ0n) is 9.84. The van der Waals surface area contributed by atoms with Crippen LogP contribution < -0.4 is 5.32 Å².